The highest BCUT2D eigenvalue weighted by atomic mass is 32.2. The molecule has 0 radical (unpaired) electrons. The van der Waals surface area contributed by atoms with Gasteiger partial charge in [-0.15, -0.1) is 0 Å². The molecule has 27 heavy (non-hydrogen) atoms. The number of hydrogen-bond donors (Lipinski definition) is 0. The van der Waals surface area contributed by atoms with E-state index in [4.69, 9.17) is 17.0 Å². The largest absolute Gasteiger partial charge is 0.493 e. The molecule has 0 bridgehead atoms. The van der Waals surface area contributed by atoms with E-state index in [-0.39, 0.29) is 23.5 Å². The molecule has 146 valence electrons. The molecule has 0 aliphatic carbocycles. The van der Waals surface area contributed by atoms with Crippen molar-refractivity contribution in [1.29, 1.82) is 0 Å². The zero-order valence-corrected chi connectivity index (χ0v) is 17.7. The zero-order chi connectivity index (χ0) is 19.4. The third kappa shape index (κ3) is 4.92. The van der Waals surface area contributed by atoms with E-state index in [9.17, 15) is 13.2 Å². The van der Waals surface area contributed by atoms with Gasteiger partial charge in [0.05, 0.1) is 29.1 Å². The van der Waals surface area contributed by atoms with E-state index in [0.29, 0.717) is 22.3 Å². The summed E-state index contributed by atoms with van der Waals surface area (Å²) in [5.74, 6) is 0.627. The number of thiocarbonyl (C=S) groups is 1. The molecule has 2 fully saturated rings. The summed E-state index contributed by atoms with van der Waals surface area (Å²) in [5.41, 5.74) is 0.827. The number of hydrogen-bond acceptors (Lipinski definition) is 6. The Kier molecular flexibility index (Phi) is 6.60. The number of nitrogens with zero attached hydrogens (tertiary/aromatic N) is 1. The van der Waals surface area contributed by atoms with E-state index in [1.165, 1.54) is 16.7 Å². The van der Waals surface area contributed by atoms with Gasteiger partial charge >= 0.3 is 0 Å². The van der Waals surface area contributed by atoms with Crippen LogP contribution < -0.4 is 4.74 Å². The molecular formula is C19H23NO4S3. The molecule has 8 heteroatoms. The topological polar surface area (TPSA) is 63.7 Å². The summed E-state index contributed by atoms with van der Waals surface area (Å²) in [6, 6.07) is 7.24. The maximum atomic E-state index is 12.8. The number of unbranched alkanes of at least 4 members (excludes halogenated alkanes) is 2. The molecule has 1 atom stereocenters. The summed E-state index contributed by atoms with van der Waals surface area (Å²) in [7, 11) is -3.08. The number of rotatable bonds is 7. The van der Waals surface area contributed by atoms with Crippen LogP contribution in [0.2, 0.25) is 0 Å². The van der Waals surface area contributed by atoms with Crippen molar-refractivity contribution >= 4 is 50.1 Å². The van der Waals surface area contributed by atoms with Crippen LogP contribution in [0, 0.1) is 0 Å². The standard InChI is InChI=1S/C19H23NO4S3/c1-2-3-6-10-24-16-8-5-4-7-14(16)12-17-18(21)20(19(25)26-17)15-9-11-27(22,23)13-15/h4-5,7-8,12,15H,2-3,6,9-11,13H2,1H3/b17-12+/t15-/m0/s1. The van der Waals surface area contributed by atoms with Gasteiger partial charge in [-0.05, 0) is 25.0 Å². The molecule has 1 amide bonds. The SMILES string of the molecule is CCCCCOc1ccccc1/C=C1/SC(=S)N([C@H]2CCS(=O)(=O)C2)C1=O. The first kappa shape index (κ1) is 20.4. The third-order valence-corrected chi connectivity index (χ3v) is 7.69. The predicted octanol–water partition coefficient (Wildman–Crippen LogP) is 3.64. The van der Waals surface area contributed by atoms with Gasteiger partial charge in [0, 0.05) is 5.56 Å². The van der Waals surface area contributed by atoms with E-state index in [2.05, 4.69) is 6.92 Å². The molecule has 5 nitrogen and oxygen atoms in total. The molecule has 2 heterocycles. The van der Waals surface area contributed by atoms with E-state index in [0.717, 1.165) is 30.6 Å². The first-order chi connectivity index (χ1) is 12.9. The van der Waals surface area contributed by atoms with Crippen LogP contribution in [-0.2, 0) is 14.6 Å². The second kappa shape index (κ2) is 8.75. The fourth-order valence-corrected chi connectivity index (χ4v) is 6.27. The van der Waals surface area contributed by atoms with Crippen LogP contribution in [0.3, 0.4) is 0 Å². The van der Waals surface area contributed by atoms with Gasteiger partial charge in [0.1, 0.15) is 10.1 Å². The molecule has 0 spiro atoms. The molecule has 1 aromatic carbocycles. The Morgan fingerprint density at radius 1 is 1.33 bits per heavy atom. The third-order valence-electron chi connectivity index (χ3n) is 4.61. The molecule has 0 aromatic heterocycles. The minimum atomic E-state index is -3.08. The van der Waals surface area contributed by atoms with E-state index < -0.39 is 9.84 Å². The van der Waals surface area contributed by atoms with Crippen molar-refractivity contribution in [1.82, 2.24) is 4.90 Å². The van der Waals surface area contributed by atoms with Gasteiger partial charge in [-0.2, -0.15) is 0 Å². The average Bonchev–Trinajstić information content (AvgIpc) is 3.11. The van der Waals surface area contributed by atoms with Crippen molar-refractivity contribution in [3.8, 4) is 5.75 Å². The Labute approximate surface area is 170 Å². The van der Waals surface area contributed by atoms with Crippen molar-refractivity contribution in [2.75, 3.05) is 18.1 Å². The highest BCUT2D eigenvalue weighted by molar-refractivity contribution is 8.26. The zero-order valence-electron chi connectivity index (χ0n) is 15.2. The highest BCUT2D eigenvalue weighted by Crippen LogP contribution is 2.37. The number of benzene rings is 1. The van der Waals surface area contributed by atoms with E-state index >= 15 is 0 Å². The summed E-state index contributed by atoms with van der Waals surface area (Å²) in [4.78, 5) is 14.8. The molecule has 0 N–H and O–H groups in total. The number of ether oxygens (including phenoxy) is 1. The molecule has 2 aliphatic rings. The van der Waals surface area contributed by atoms with Crippen LogP contribution in [0.1, 0.15) is 38.2 Å². The minimum absolute atomic E-state index is 0.0101. The van der Waals surface area contributed by atoms with E-state index in [1.54, 1.807) is 6.08 Å². The second-order valence-electron chi connectivity index (χ2n) is 6.70. The maximum absolute atomic E-state index is 12.8. The average molecular weight is 426 g/mol. The predicted molar refractivity (Wildman–Crippen MR) is 114 cm³/mol. The molecule has 3 rings (SSSR count). The van der Waals surface area contributed by atoms with Crippen molar-refractivity contribution in [2.45, 2.75) is 38.6 Å². The lowest BCUT2D eigenvalue weighted by molar-refractivity contribution is -0.123. The number of carbonyl (C=O) groups is 1. The van der Waals surface area contributed by atoms with Crippen molar-refractivity contribution in [3.05, 3.63) is 34.7 Å². The van der Waals surface area contributed by atoms with Gasteiger partial charge in [0.2, 0.25) is 0 Å². The fraction of sp³-hybridized carbons (Fsp3) is 0.474. The smallest absolute Gasteiger partial charge is 0.266 e. The Bertz CT molecular complexity index is 863. The first-order valence-corrected chi connectivity index (χ1v) is 12.1. The Hall–Kier alpha value is -1.38. The molecule has 2 saturated heterocycles. The fourth-order valence-electron chi connectivity index (χ4n) is 3.18. The van der Waals surface area contributed by atoms with E-state index in [1.807, 2.05) is 24.3 Å². The number of thioether (sulfide) groups is 1. The lowest BCUT2D eigenvalue weighted by atomic mass is 10.1. The summed E-state index contributed by atoms with van der Waals surface area (Å²) >= 11 is 6.58. The highest BCUT2D eigenvalue weighted by Gasteiger charge is 2.42. The van der Waals surface area contributed by atoms with Crippen LogP contribution >= 0.6 is 24.0 Å². The molecule has 0 unspecified atom stereocenters. The van der Waals surface area contributed by atoms with Gasteiger partial charge in [-0.25, -0.2) is 8.42 Å². The van der Waals surface area contributed by atoms with Gasteiger partial charge in [0.15, 0.2) is 9.84 Å². The van der Waals surface area contributed by atoms with Gasteiger partial charge in [0.25, 0.3) is 5.91 Å². The quantitative estimate of drug-likeness (QED) is 0.378. The monoisotopic (exact) mass is 425 g/mol. The number of para-hydroxylation sites is 1. The molecular weight excluding hydrogens is 402 g/mol. The second-order valence-corrected chi connectivity index (χ2v) is 10.6. The van der Waals surface area contributed by atoms with Crippen LogP contribution in [-0.4, -0.2) is 47.7 Å². The summed E-state index contributed by atoms with van der Waals surface area (Å²) in [5, 5.41) is 0. The molecule has 1 aromatic rings. The van der Waals surface area contributed by atoms with Gasteiger partial charge in [-0.3, -0.25) is 9.69 Å². The van der Waals surface area contributed by atoms with Gasteiger partial charge < -0.3 is 4.74 Å². The van der Waals surface area contributed by atoms with Crippen molar-refractivity contribution in [2.24, 2.45) is 0 Å². The number of amides is 1. The Morgan fingerprint density at radius 3 is 2.81 bits per heavy atom. The summed E-state index contributed by atoms with van der Waals surface area (Å²) < 4.78 is 29.8. The summed E-state index contributed by atoms with van der Waals surface area (Å²) in [6.45, 7) is 2.78. The van der Waals surface area contributed by atoms with Gasteiger partial charge in [-0.1, -0.05) is 61.9 Å². The first-order valence-electron chi connectivity index (χ1n) is 9.10. The normalized spacial score (nSPS) is 23.4. The minimum Gasteiger partial charge on any atom is -0.493 e. The molecule has 0 saturated carbocycles. The Balaban J connectivity index is 1.76. The lowest BCUT2D eigenvalue weighted by Gasteiger charge is -2.20. The molecule has 2 aliphatic heterocycles. The van der Waals surface area contributed by atoms with Crippen molar-refractivity contribution in [3.63, 3.8) is 0 Å². The Morgan fingerprint density at radius 2 is 2.11 bits per heavy atom. The van der Waals surface area contributed by atoms with Crippen LogP contribution in [0.25, 0.3) is 6.08 Å². The van der Waals surface area contributed by atoms with Crippen LogP contribution in [0.15, 0.2) is 29.2 Å². The number of carbonyl (C=O) groups excluding carboxylic acids is 1. The lowest BCUT2D eigenvalue weighted by Crippen LogP contribution is -2.39. The van der Waals surface area contributed by atoms with Crippen LogP contribution in [0.4, 0.5) is 0 Å². The number of sulfone groups is 1. The summed E-state index contributed by atoms with van der Waals surface area (Å²) in [6.07, 6.45) is 5.47. The maximum Gasteiger partial charge on any atom is 0.266 e. The van der Waals surface area contributed by atoms with Crippen LogP contribution in [0.5, 0.6) is 5.75 Å². The van der Waals surface area contributed by atoms with Crippen molar-refractivity contribution < 1.29 is 17.9 Å².